The largest absolute Gasteiger partial charge is 0.367 e. The Balaban J connectivity index is 0.836. The molecular formula is C42H45N13O2S. The number of nitrogens with one attached hydrogen (secondary N) is 2. The quantitative estimate of drug-likeness (QED) is 0.0968. The maximum Gasteiger partial charge on any atom is 0.234 e. The maximum atomic E-state index is 12.3. The molecule has 5 aliphatic rings. The second-order valence-corrected chi connectivity index (χ2v) is 17.1. The van der Waals surface area contributed by atoms with Gasteiger partial charge in [-0.15, -0.1) is 10.2 Å². The lowest BCUT2D eigenvalue weighted by atomic mass is 9.91. The number of aliphatic imine (C=N–C) groups is 1. The number of fused-ring (bicyclic) bond motifs is 3. The minimum absolute atomic E-state index is 0.221. The number of amides is 2. The van der Waals surface area contributed by atoms with Crippen LogP contribution in [-0.2, 0) is 9.59 Å². The summed E-state index contributed by atoms with van der Waals surface area (Å²) in [7, 11) is 1.80. The molecule has 5 fully saturated rings. The average molecular weight is 796 g/mol. The monoisotopic (exact) mass is 795 g/mol. The molecule has 58 heavy (non-hydrogen) atoms. The lowest BCUT2D eigenvalue weighted by Crippen LogP contribution is -2.55. The zero-order valence-electron chi connectivity index (χ0n) is 32.5. The van der Waals surface area contributed by atoms with E-state index in [4.69, 9.17) is 10.1 Å². The number of nitriles is 2. The van der Waals surface area contributed by atoms with Crippen LogP contribution in [0.2, 0.25) is 0 Å². The van der Waals surface area contributed by atoms with Gasteiger partial charge in [0.15, 0.2) is 5.01 Å². The van der Waals surface area contributed by atoms with Crippen LogP contribution in [0.25, 0.3) is 27.5 Å². The lowest BCUT2D eigenvalue weighted by molar-refractivity contribution is -0.135. The molecule has 0 spiro atoms. The minimum Gasteiger partial charge on any atom is -0.367 e. The lowest BCUT2D eigenvalue weighted by Gasteiger charge is -2.43. The van der Waals surface area contributed by atoms with E-state index in [0.717, 1.165) is 96.8 Å². The molecule has 1 saturated carbocycles. The van der Waals surface area contributed by atoms with Crippen molar-refractivity contribution in [2.75, 3.05) is 50.0 Å². The number of aromatic nitrogens is 5. The van der Waals surface area contributed by atoms with Gasteiger partial charge in [0.2, 0.25) is 16.9 Å². The van der Waals surface area contributed by atoms with Crippen LogP contribution in [0.1, 0.15) is 56.9 Å². The van der Waals surface area contributed by atoms with Crippen LogP contribution in [0.3, 0.4) is 0 Å². The Morgan fingerprint density at radius 3 is 2.57 bits per heavy atom. The van der Waals surface area contributed by atoms with Gasteiger partial charge in [0.1, 0.15) is 17.4 Å². The molecule has 4 aromatic rings. The van der Waals surface area contributed by atoms with E-state index < -0.39 is 5.54 Å². The van der Waals surface area contributed by atoms with Crippen molar-refractivity contribution in [2.45, 2.75) is 69.0 Å². The number of carbonyl (C=O) groups excluding carboxylic acids is 2. The molecule has 2 amide bonds. The smallest absolute Gasteiger partial charge is 0.234 e. The highest BCUT2D eigenvalue weighted by atomic mass is 32.1. The third kappa shape index (κ3) is 7.34. The molecule has 296 valence electrons. The minimum atomic E-state index is -0.605. The summed E-state index contributed by atoms with van der Waals surface area (Å²) >= 11 is 1.57. The van der Waals surface area contributed by atoms with Crippen molar-refractivity contribution in [3.8, 4) is 34.1 Å². The zero-order chi connectivity index (χ0) is 40.0. The predicted octanol–water partition coefficient (Wildman–Crippen LogP) is 4.81. The van der Waals surface area contributed by atoms with Gasteiger partial charge in [-0.25, -0.2) is 4.52 Å². The highest BCUT2D eigenvalue weighted by Crippen LogP contribution is 2.43. The van der Waals surface area contributed by atoms with E-state index in [1.165, 1.54) is 12.8 Å². The van der Waals surface area contributed by atoms with Gasteiger partial charge in [-0.2, -0.15) is 15.6 Å². The number of rotatable bonds is 10. The number of hydrogen-bond acceptors (Lipinski definition) is 13. The summed E-state index contributed by atoms with van der Waals surface area (Å²) in [6, 6.07) is 13.2. The number of hydrogen-bond donors (Lipinski definition) is 2. The van der Waals surface area contributed by atoms with Crippen LogP contribution in [0.15, 0.2) is 66.0 Å². The van der Waals surface area contributed by atoms with E-state index >= 15 is 0 Å². The van der Waals surface area contributed by atoms with Gasteiger partial charge in [-0.05, 0) is 86.8 Å². The first-order valence-corrected chi connectivity index (χ1v) is 20.9. The van der Waals surface area contributed by atoms with Gasteiger partial charge in [0.25, 0.3) is 0 Å². The molecule has 4 saturated heterocycles. The molecule has 8 heterocycles. The fourth-order valence-corrected chi connectivity index (χ4v) is 9.86. The Morgan fingerprint density at radius 1 is 1.07 bits per heavy atom. The van der Waals surface area contributed by atoms with E-state index in [9.17, 15) is 20.1 Å². The number of piperazine rings is 1. The van der Waals surface area contributed by atoms with Crippen LogP contribution in [0.4, 0.5) is 10.8 Å². The highest BCUT2D eigenvalue weighted by molar-refractivity contribution is 7.18. The van der Waals surface area contributed by atoms with Gasteiger partial charge < -0.3 is 15.1 Å². The number of pyridine rings is 1. The van der Waals surface area contributed by atoms with Crippen LogP contribution in [0, 0.1) is 34.5 Å². The molecule has 15 nitrogen and oxygen atoms in total. The Morgan fingerprint density at radius 2 is 1.86 bits per heavy atom. The van der Waals surface area contributed by atoms with E-state index in [-0.39, 0.29) is 17.7 Å². The molecule has 1 aliphatic carbocycles. The molecule has 3 atom stereocenters. The second kappa shape index (κ2) is 15.4. The first-order chi connectivity index (χ1) is 28.2. The number of imide groups is 1. The van der Waals surface area contributed by atoms with Crippen LogP contribution >= 0.6 is 11.3 Å². The van der Waals surface area contributed by atoms with Gasteiger partial charge in [0.05, 0.1) is 46.2 Å². The van der Waals surface area contributed by atoms with Gasteiger partial charge >= 0.3 is 0 Å². The number of nitrogens with zero attached hydrogens (tertiary/aromatic N) is 11. The summed E-state index contributed by atoms with van der Waals surface area (Å²) in [4.78, 5) is 40.7. The molecule has 16 heteroatoms. The molecule has 2 unspecified atom stereocenters. The van der Waals surface area contributed by atoms with Crippen molar-refractivity contribution in [2.24, 2.45) is 16.8 Å². The second-order valence-electron chi connectivity index (χ2n) is 16.1. The molecular weight excluding hydrogens is 751 g/mol. The van der Waals surface area contributed by atoms with E-state index in [2.05, 4.69) is 59.2 Å². The van der Waals surface area contributed by atoms with Crippen molar-refractivity contribution in [3.63, 3.8) is 0 Å². The molecule has 0 aromatic carbocycles. The highest BCUT2D eigenvalue weighted by Gasteiger charge is 2.44. The van der Waals surface area contributed by atoms with Gasteiger partial charge in [0, 0.05) is 70.2 Å². The zero-order valence-corrected chi connectivity index (χ0v) is 33.3. The summed E-state index contributed by atoms with van der Waals surface area (Å²) in [5.74, 6) is 0.636. The molecule has 0 radical (unpaired) electrons. The number of allylic oxidation sites excluding steroid dienone is 1. The van der Waals surface area contributed by atoms with Crippen molar-refractivity contribution in [3.05, 3.63) is 66.5 Å². The molecule has 9 rings (SSSR count). The van der Waals surface area contributed by atoms with E-state index in [1.54, 1.807) is 35.2 Å². The number of amidine groups is 1. The Kier molecular flexibility index (Phi) is 9.99. The Hall–Kier alpha value is -5.97. The molecule has 2 bridgehead atoms. The topological polar surface area (TPSA) is 184 Å². The van der Waals surface area contributed by atoms with Crippen molar-refractivity contribution in [1.82, 2.24) is 39.9 Å². The van der Waals surface area contributed by atoms with Crippen molar-refractivity contribution >= 4 is 45.3 Å². The van der Waals surface area contributed by atoms with E-state index in [0.29, 0.717) is 47.7 Å². The third-order valence-corrected chi connectivity index (χ3v) is 13.5. The Bertz CT molecular complexity index is 2410. The number of likely N-dealkylation sites (tertiary alicyclic amines) is 1. The summed E-state index contributed by atoms with van der Waals surface area (Å²) in [6.07, 6.45) is 14.1. The number of anilines is 2. The Labute approximate surface area is 340 Å². The summed E-state index contributed by atoms with van der Waals surface area (Å²) in [5, 5.41) is 40.8. The number of piperidine rings is 2. The predicted molar refractivity (Wildman–Crippen MR) is 221 cm³/mol. The summed E-state index contributed by atoms with van der Waals surface area (Å²) in [6.45, 7) is 8.90. The summed E-state index contributed by atoms with van der Waals surface area (Å²) < 4.78 is 1.77. The van der Waals surface area contributed by atoms with Crippen LogP contribution in [0.5, 0.6) is 0 Å². The van der Waals surface area contributed by atoms with Crippen LogP contribution in [-0.4, -0.2) is 110 Å². The SMILES string of the molecule is C=C(/C=C\C(=NC)N1CCC(CN2C3CCC2CN(c2nnc(-c4cnc(-c5ccc6cc(C#N)cnn56)cc4NC4(C#N)CC4)s2)C3)CC1)[C@@H]1CCC(=O)NC1=O. The first-order valence-electron chi connectivity index (χ1n) is 20.1. The van der Waals surface area contributed by atoms with Crippen molar-refractivity contribution < 1.29 is 9.59 Å². The summed E-state index contributed by atoms with van der Waals surface area (Å²) in [5.41, 5.74) is 4.48. The fourth-order valence-electron chi connectivity index (χ4n) is 8.98. The molecule has 4 aliphatic heterocycles. The fraction of sp³-hybridized carbons (Fsp3) is 0.452. The van der Waals surface area contributed by atoms with Gasteiger partial charge in [-0.3, -0.25) is 29.8 Å². The van der Waals surface area contributed by atoms with Crippen molar-refractivity contribution in [1.29, 1.82) is 10.5 Å². The standard InChI is InChI=1S/C42H45N13O2S/c1-26(32-7-10-38(56)48-39(32)57)3-9-37(45-2)52-15-11-27(12-16-52)22-54-30-4-5-31(54)24-53(23-30)41-51-50-40(58-41)33-21-46-35(18-34(33)49-42(25-44)13-14-42)36-8-6-29-17-28(19-43)20-47-55(29)36/h3,6,8-9,17-18,20-21,27,30-32H,1,4-5,7,10-16,22-24H2,2H3,(H,46,49)(H,48,56,57)/b9-3-,45-37?/t30?,31?,32-/m0/s1. The average Bonchev–Trinajstić information content (AvgIpc) is 3.50. The molecule has 4 aromatic heterocycles. The first kappa shape index (κ1) is 37.6. The van der Waals surface area contributed by atoms with Crippen LogP contribution < -0.4 is 15.5 Å². The normalized spacial score (nSPS) is 23.6. The molecule has 2 N–H and O–H groups in total. The van der Waals surface area contributed by atoms with Gasteiger partial charge in [-0.1, -0.05) is 24.0 Å². The maximum absolute atomic E-state index is 12.3. The number of carbonyl (C=O) groups is 2. The third-order valence-electron chi connectivity index (χ3n) is 12.5. The van der Waals surface area contributed by atoms with E-state index in [1.807, 2.05) is 36.5 Å².